The molecule has 0 bridgehead atoms. The van der Waals surface area contributed by atoms with E-state index in [1.807, 2.05) is 19.1 Å². The number of hydrogen-bond donors (Lipinski definition) is 2. The quantitative estimate of drug-likeness (QED) is 0.787. The van der Waals surface area contributed by atoms with Crippen LogP contribution in [0.5, 0.6) is 11.5 Å². The molecule has 3 heteroatoms. The second kappa shape index (κ2) is 4.53. The molecule has 3 nitrogen and oxygen atoms in total. The maximum absolute atomic E-state index is 9.94. The van der Waals surface area contributed by atoms with Crippen LogP contribution >= 0.6 is 0 Å². The summed E-state index contributed by atoms with van der Waals surface area (Å²) in [6, 6.07) is 5.71. The summed E-state index contributed by atoms with van der Waals surface area (Å²) in [6.07, 6.45) is 0.930. The topological polar surface area (TPSA) is 41.5 Å². The number of aromatic hydroxyl groups is 1. The Hall–Kier alpha value is -1.22. The smallest absolute Gasteiger partial charge is 0.161 e. The van der Waals surface area contributed by atoms with Crippen LogP contribution in [0, 0.1) is 5.92 Å². The molecule has 0 amide bonds. The average molecular weight is 207 g/mol. The third kappa shape index (κ3) is 2.23. The molecule has 0 saturated carbocycles. The first-order valence-corrected chi connectivity index (χ1v) is 5.45. The van der Waals surface area contributed by atoms with E-state index in [-0.39, 0.29) is 0 Å². The van der Waals surface area contributed by atoms with Gasteiger partial charge < -0.3 is 15.2 Å². The van der Waals surface area contributed by atoms with E-state index in [1.165, 1.54) is 0 Å². The van der Waals surface area contributed by atoms with Gasteiger partial charge in [-0.3, -0.25) is 0 Å². The molecule has 0 aromatic heterocycles. The molecule has 1 aliphatic heterocycles. The molecule has 1 aromatic rings. The van der Waals surface area contributed by atoms with Gasteiger partial charge in [-0.15, -0.1) is 0 Å². The van der Waals surface area contributed by atoms with Crippen molar-refractivity contribution in [2.24, 2.45) is 5.92 Å². The van der Waals surface area contributed by atoms with Crippen LogP contribution in [0.4, 0.5) is 0 Å². The highest BCUT2D eigenvalue weighted by Crippen LogP contribution is 2.31. The van der Waals surface area contributed by atoms with E-state index in [4.69, 9.17) is 4.74 Å². The SMILES string of the molecule is CCOc1cccc(CC2CNC2)c1O. The molecule has 1 aliphatic rings. The lowest BCUT2D eigenvalue weighted by molar-refractivity contribution is 0.310. The minimum Gasteiger partial charge on any atom is -0.504 e. The van der Waals surface area contributed by atoms with Crippen LogP contribution in [0.15, 0.2) is 18.2 Å². The lowest BCUT2D eigenvalue weighted by Crippen LogP contribution is -2.43. The molecule has 1 aromatic carbocycles. The van der Waals surface area contributed by atoms with Crippen LogP contribution in [-0.2, 0) is 6.42 Å². The number of rotatable bonds is 4. The normalized spacial score (nSPS) is 16.1. The van der Waals surface area contributed by atoms with Gasteiger partial charge in [0.05, 0.1) is 6.61 Å². The van der Waals surface area contributed by atoms with Crippen molar-refractivity contribution in [1.82, 2.24) is 5.32 Å². The van der Waals surface area contributed by atoms with Crippen LogP contribution in [0.3, 0.4) is 0 Å². The fourth-order valence-corrected chi connectivity index (χ4v) is 1.81. The highest BCUT2D eigenvalue weighted by atomic mass is 16.5. The van der Waals surface area contributed by atoms with E-state index in [2.05, 4.69) is 5.32 Å². The molecule has 2 N–H and O–H groups in total. The molecule has 0 spiro atoms. The molecule has 0 radical (unpaired) electrons. The van der Waals surface area contributed by atoms with Crippen LogP contribution < -0.4 is 10.1 Å². The fraction of sp³-hybridized carbons (Fsp3) is 0.500. The molecule has 2 rings (SSSR count). The number of ether oxygens (including phenoxy) is 1. The van der Waals surface area contributed by atoms with Crippen LogP contribution in [0.25, 0.3) is 0 Å². The van der Waals surface area contributed by atoms with E-state index in [0.717, 1.165) is 25.1 Å². The first kappa shape index (κ1) is 10.3. The molecule has 1 saturated heterocycles. The van der Waals surface area contributed by atoms with Gasteiger partial charge in [-0.25, -0.2) is 0 Å². The van der Waals surface area contributed by atoms with Crippen molar-refractivity contribution in [2.45, 2.75) is 13.3 Å². The third-order valence-corrected chi connectivity index (χ3v) is 2.76. The summed E-state index contributed by atoms with van der Waals surface area (Å²) in [5.41, 5.74) is 0.993. The van der Waals surface area contributed by atoms with Gasteiger partial charge in [0, 0.05) is 0 Å². The molecular formula is C12H17NO2. The zero-order valence-electron chi connectivity index (χ0n) is 8.99. The lowest BCUT2D eigenvalue weighted by Gasteiger charge is -2.27. The monoisotopic (exact) mass is 207 g/mol. The molecular weight excluding hydrogens is 190 g/mol. The molecule has 1 heterocycles. The summed E-state index contributed by atoms with van der Waals surface area (Å²) in [5, 5.41) is 13.2. The number of hydrogen-bond acceptors (Lipinski definition) is 3. The number of benzene rings is 1. The Morgan fingerprint density at radius 1 is 1.47 bits per heavy atom. The van der Waals surface area contributed by atoms with Crippen molar-refractivity contribution >= 4 is 0 Å². The second-order valence-electron chi connectivity index (χ2n) is 3.93. The maximum Gasteiger partial charge on any atom is 0.161 e. The zero-order valence-corrected chi connectivity index (χ0v) is 8.99. The summed E-state index contributed by atoms with van der Waals surface area (Å²) < 4.78 is 5.34. The van der Waals surface area contributed by atoms with Crippen molar-refractivity contribution in [3.8, 4) is 11.5 Å². The molecule has 0 aliphatic carbocycles. The molecule has 82 valence electrons. The minimum absolute atomic E-state index is 0.311. The Morgan fingerprint density at radius 2 is 2.27 bits per heavy atom. The second-order valence-corrected chi connectivity index (χ2v) is 3.93. The molecule has 1 fully saturated rings. The summed E-state index contributed by atoms with van der Waals surface area (Å²) in [4.78, 5) is 0. The highest BCUT2D eigenvalue weighted by Gasteiger charge is 2.19. The summed E-state index contributed by atoms with van der Waals surface area (Å²) >= 11 is 0. The Labute approximate surface area is 90.1 Å². The lowest BCUT2D eigenvalue weighted by atomic mass is 9.94. The van der Waals surface area contributed by atoms with E-state index in [0.29, 0.717) is 24.0 Å². The van der Waals surface area contributed by atoms with Gasteiger partial charge in [0.25, 0.3) is 0 Å². The predicted octanol–water partition coefficient (Wildman–Crippen LogP) is 1.55. The van der Waals surface area contributed by atoms with E-state index < -0.39 is 0 Å². The number of phenols is 1. The summed E-state index contributed by atoms with van der Waals surface area (Å²) in [6.45, 7) is 4.61. The predicted molar refractivity (Wildman–Crippen MR) is 59.3 cm³/mol. The van der Waals surface area contributed by atoms with Crippen molar-refractivity contribution in [3.05, 3.63) is 23.8 Å². The van der Waals surface area contributed by atoms with Crippen LogP contribution in [0.1, 0.15) is 12.5 Å². The largest absolute Gasteiger partial charge is 0.504 e. The van der Waals surface area contributed by atoms with Crippen molar-refractivity contribution in [1.29, 1.82) is 0 Å². The van der Waals surface area contributed by atoms with E-state index in [9.17, 15) is 5.11 Å². The molecule has 15 heavy (non-hydrogen) atoms. The van der Waals surface area contributed by atoms with Crippen molar-refractivity contribution in [3.63, 3.8) is 0 Å². The van der Waals surface area contributed by atoms with Gasteiger partial charge in [0.2, 0.25) is 0 Å². The summed E-state index contributed by atoms with van der Waals surface area (Å²) in [7, 11) is 0. The van der Waals surface area contributed by atoms with Crippen molar-refractivity contribution in [2.75, 3.05) is 19.7 Å². The van der Waals surface area contributed by atoms with Crippen molar-refractivity contribution < 1.29 is 9.84 Å². The van der Waals surface area contributed by atoms with Gasteiger partial charge in [-0.1, -0.05) is 12.1 Å². The third-order valence-electron chi connectivity index (χ3n) is 2.76. The Bertz CT molecular complexity index is 334. The average Bonchev–Trinajstić information content (AvgIpc) is 2.17. The Morgan fingerprint density at radius 3 is 2.87 bits per heavy atom. The van der Waals surface area contributed by atoms with Crippen LogP contribution in [0.2, 0.25) is 0 Å². The first-order valence-electron chi connectivity index (χ1n) is 5.45. The highest BCUT2D eigenvalue weighted by molar-refractivity contribution is 5.45. The number of nitrogens with one attached hydrogen (secondary N) is 1. The fourth-order valence-electron chi connectivity index (χ4n) is 1.81. The van der Waals surface area contributed by atoms with E-state index >= 15 is 0 Å². The number of phenolic OH excluding ortho intramolecular Hbond substituents is 1. The molecule has 0 atom stereocenters. The first-order chi connectivity index (χ1) is 7.31. The summed E-state index contributed by atoms with van der Waals surface area (Å²) in [5.74, 6) is 1.57. The van der Waals surface area contributed by atoms with Gasteiger partial charge >= 0.3 is 0 Å². The Kier molecular flexibility index (Phi) is 3.11. The van der Waals surface area contributed by atoms with Gasteiger partial charge in [-0.05, 0) is 44.0 Å². The van der Waals surface area contributed by atoms with E-state index in [1.54, 1.807) is 6.07 Å². The molecule has 0 unspecified atom stereocenters. The van der Waals surface area contributed by atoms with Gasteiger partial charge in [-0.2, -0.15) is 0 Å². The van der Waals surface area contributed by atoms with Gasteiger partial charge in [0.1, 0.15) is 0 Å². The Balaban J connectivity index is 2.11. The minimum atomic E-state index is 0.311. The number of para-hydroxylation sites is 1. The van der Waals surface area contributed by atoms with Gasteiger partial charge in [0.15, 0.2) is 11.5 Å². The zero-order chi connectivity index (χ0) is 10.7. The van der Waals surface area contributed by atoms with Crippen LogP contribution in [-0.4, -0.2) is 24.8 Å². The standard InChI is InChI=1S/C12H17NO2/c1-2-15-11-5-3-4-10(12(11)14)6-9-7-13-8-9/h3-5,9,13-14H,2,6-8H2,1H3. The maximum atomic E-state index is 9.94.